The Morgan fingerprint density at radius 3 is 2.68 bits per heavy atom. The summed E-state index contributed by atoms with van der Waals surface area (Å²) >= 11 is 0. The second kappa shape index (κ2) is 7.54. The van der Waals surface area contributed by atoms with Gasteiger partial charge in [-0.25, -0.2) is 0 Å². The molecule has 2 rings (SSSR count). The highest BCUT2D eigenvalue weighted by molar-refractivity contribution is 5.35. The molecule has 1 fully saturated rings. The molecule has 0 aliphatic heterocycles. The molecule has 1 N–H and O–H groups in total. The van der Waals surface area contributed by atoms with Crippen molar-refractivity contribution in [1.82, 2.24) is 5.32 Å². The Labute approximate surface area is 117 Å². The summed E-state index contributed by atoms with van der Waals surface area (Å²) in [6.45, 7) is 3.36. The highest BCUT2D eigenvalue weighted by Crippen LogP contribution is 2.29. The van der Waals surface area contributed by atoms with Crippen LogP contribution < -0.4 is 10.1 Å². The summed E-state index contributed by atoms with van der Waals surface area (Å²) in [5, 5.41) is 3.71. The van der Waals surface area contributed by atoms with Crippen LogP contribution in [0.1, 0.15) is 57.1 Å². The molecule has 0 bridgehead atoms. The molecule has 2 heteroatoms. The maximum atomic E-state index is 5.47. The van der Waals surface area contributed by atoms with Crippen molar-refractivity contribution in [2.75, 3.05) is 13.7 Å². The number of ether oxygens (including phenoxy) is 1. The normalized spacial score (nSPS) is 17.6. The first-order valence-corrected chi connectivity index (χ1v) is 7.71. The zero-order valence-electron chi connectivity index (χ0n) is 12.3. The Bertz CT molecular complexity index is 371. The van der Waals surface area contributed by atoms with Crippen molar-refractivity contribution >= 4 is 0 Å². The SMILES string of the molecule is CCC(NCCC1CCCC1)c1ccccc1OC. The monoisotopic (exact) mass is 261 g/mol. The van der Waals surface area contributed by atoms with Gasteiger partial charge >= 0.3 is 0 Å². The van der Waals surface area contributed by atoms with Gasteiger partial charge in [-0.05, 0) is 31.4 Å². The number of benzene rings is 1. The molecular formula is C17H27NO. The molecule has 1 aromatic carbocycles. The average Bonchev–Trinajstić information content (AvgIpc) is 2.97. The molecule has 0 aromatic heterocycles. The lowest BCUT2D eigenvalue weighted by Gasteiger charge is -2.21. The first-order chi connectivity index (χ1) is 9.35. The van der Waals surface area contributed by atoms with E-state index in [2.05, 4.69) is 30.4 Å². The summed E-state index contributed by atoms with van der Waals surface area (Å²) in [6, 6.07) is 8.77. The molecule has 1 saturated carbocycles. The third kappa shape index (κ3) is 3.97. The lowest BCUT2D eigenvalue weighted by molar-refractivity contribution is 0.390. The molecule has 0 saturated heterocycles. The van der Waals surface area contributed by atoms with Crippen LogP contribution in [0.2, 0.25) is 0 Å². The van der Waals surface area contributed by atoms with Crippen LogP contribution in [-0.2, 0) is 0 Å². The molecule has 106 valence electrons. The minimum Gasteiger partial charge on any atom is -0.496 e. The predicted molar refractivity (Wildman–Crippen MR) is 80.6 cm³/mol. The fourth-order valence-corrected chi connectivity index (χ4v) is 3.19. The number of hydrogen-bond acceptors (Lipinski definition) is 2. The topological polar surface area (TPSA) is 21.3 Å². The number of nitrogens with one attached hydrogen (secondary N) is 1. The number of para-hydroxylation sites is 1. The van der Waals surface area contributed by atoms with Crippen LogP contribution in [0.3, 0.4) is 0 Å². The van der Waals surface area contributed by atoms with E-state index in [-0.39, 0.29) is 0 Å². The number of methoxy groups -OCH3 is 1. The van der Waals surface area contributed by atoms with Crippen LogP contribution >= 0.6 is 0 Å². The average molecular weight is 261 g/mol. The van der Waals surface area contributed by atoms with E-state index in [9.17, 15) is 0 Å². The van der Waals surface area contributed by atoms with E-state index in [1.54, 1.807) is 7.11 Å². The minimum atomic E-state index is 0.414. The maximum Gasteiger partial charge on any atom is 0.123 e. The van der Waals surface area contributed by atoms with Crippen LogP contribution in [-0.4, -0.2) is 13.7 Å². The van der Waals surface area contributed by atoms with Gasteiger partial charge in [0.25, 0.3) is 0 Å². The van der Waals surface area contributed by atoms with E-state index in [0.29, 0.717) is 6.04 Å². The molecule has 0 spiro atoms. The van der Waals surface area contributed by atoms with Gasteiger partial charge in [-0.15, -0.1) is 0 Å². The van der Waals surface area contributed by atoms with Gasteiger partial charge in [0.15, 0.2) is 0 Å². The second-order valence-corrected chi connectivity index (χ2v) is 5.60. The molecule has 0 amide bonds. The minimum absolute atomic E-state index is 0.414. The predicted octanol–water partition coefficient (Wildman–Crippen LogP) is 4.32. The van der Waals surface area contributed by atoms with E-state index in [1.807, 2.05) is 6.07 Å². The van der Waals surface area contributed by atoms with Crippen LogP contribution in [0.15, 0.2) is 24.3 Å². The van der Waals surface area contributed by atoms with Gasteiger partial charge < -0.3 is 10.1 Å². The maximum absolute atomic E-state index is 5.47. The van der Waals surface area contributed by atoms with Gasteiger partial charge in [-0.2, -0.15) is 0 Å². The number of hydrogen-bond donors (Lipinski definition) is 1. The molecule has 2 nitrogen and oxygen atoms in total. The van der Waals surface area contributed by atoms with E-state index >= 15 is 0 Å². The summed E-state index contributed by atoms with van der Waals surface area (Å²) in [5.74, 6) is 1.96. The molecule has 1 aliphatic rings. The number of rotatable bonds is 7. The quantitative estimate of drug-likeness (QED) is 0.789. The lowest BCUT2D eigenvalue weighted by Crippen LogP contribution is -2.23. The Morgan fingerprint density at radius 2 is 2.00 bits per heavy atom. The molecule has 1 atom stereocenters. The van der Waals surface area contributed by atoms with Crippen LogP contribution in [0.25, 0.3) is 0 Å². The third-order valence-corrected chi connectivity index (χ3v) is 4.34. The Kier molecular flexibility index (Phi) is 5.71. The zero-order chi connectivity index (χ0) is 13.5. The Morgan fingerprint density at radius 1 is 1.26 bits per heavy atom. The first kappa shape index (κ1) is 14.4. The van der Waals surface area contributed by atoms with Gasteiger partial charge in [0.05, 0.1) is 7.11 Å². The molecule has 0 heterocycles. The van der Waals surface area contributed by atoms with Crippen molar-refractivity contribution in [3.8, 4) is 5.75 Å². The van der Waals surface area contributed by atoms with Crippen molar-refractivity contribution < 1.29 is 4.74 Å². The smallest absolute Gasteiger partial charge is 0.123 e. The van der Waals surface area contributed by atoms with Crippen molar-refractivity contribution in [1.29, 1.82) is 0 Å². The van der Waals surface area contributed by atoms with Crippen LogP contribution in [0.5, 0.6) is 5.75 Å². The van der Waals surface area contributed by atoms with Crippen molar-refractivity contribution in [2.24, 2.45) is 5.92 Å². The summed E-state index contributed by atoms with van der Waals surface area (Å²) in [4.78, 5) is 0. The van der Waals surface area contributed by atoms with Crippen LogP contribution in [0, 0.1) is 5.92 Å². The largest absolute Gasteiger partial charge is 0.496 e. The zero-order valence-corrected chi connectivity index (χ0v) is 12.3. The highest BCUT2D eigenvalue weighted by atomic mass is 16.5. The van der Waals surface area contributed by atoms with Gasteiger partial charge in [0.1, 0.15) is 5.75 Å². The first-order valence-electron chi connectivity index (χ1n) is 7.71. The van der Waals surface area contributed by atoms with Gasteiger partial charge in [-0.1, -0.05) is 50.8 Å². The van der Waals surface area contributed by atoms with Gasteiger partial charge in [-0.3, -0.25) is 0 Å². The van der Waals surface area contributed by atoms with Crippen molar-refractivity contribution in [2.45, 2.75) is 51.5 Å². The second-order valence-electron chi connectivity index (χ2n) is 5.60. The van der Waals surface area contributed by atoms with E-state index in [0.717, 1.165) is 24.6 Å². The van der Waals surface area contributed by atoms with E-state index in [1.165, 1.54) is 37.7 Å². The Hall–Kier alpha value is -1.02. The van der Waals surface area contributed by atoms with Crippen molar-refractivity contribution in [3.05, 3.63) is 29.8 Å². The molecule has 19 heavy (non-hydrogen) atoms. The third-order valence-electron chi connectivity index (χ3n) is 4.34. The summed E-state index contributed by atoms with van der Waals surface area (Å²) in [6.07, 6.45) is 8.18. The standard InChI is InChI=1S/C17H27NO/c1-3-16(15-10-6-7-11-17(15)19-2)18-13-12-14-8-4-5-9-14/h6-7,10-11,14,16,18H,3-5,8-9,12-13H2,1-2H3. The molecule has 1 aliphatic carbocycles. The van der Waals surface area contributed by atoms with Gasteiger partial charge in [0, 0.05) is 11.6 Å². The molecular weight excluding hydrogens is 234 g/mol. The van der Waals surface area contributed by atoms with Crippen molar-refractivity contribution in [3.63, 3.8) is 0 Å². The summed E-state index contributed by atoms with van der Waals surface area (Å²) in [5.41, 5.74) is 1.29. The molecule has 0 radical (unpaired) electrons. The summed E-state index contributed by atoms with van der Waals surface area (Å²) in [7, 11) is 1.75. The molecule has 1 unspecified atom stereocenters. The Balaban J connectivity index is 1.88. The van der Waals surface area contributed by atoms with E-state index in [4.69, 9.17) is 4.74 Å². The summed E-state index contributed by atoms with van der Waals surface area (Å²) < 4.78 is 5.47. The highest BCUT2D eigenvalue weighted by Gasteiger charge is 2.17. The molecule has 1 aromatic rings. The van der Waals surface area contributed by atoms with E-state index < -0.39 is 0 Å². The van der Waals surface area contributed by atoms with Crippen LogP contribution in [0.4, 0.5) is 0 Å². The fourth-order valence-electron chi connectivity index (χ4n) is 3.19. The van der Waals surface area contributed by atoms with Gasteiger partial charge in [0.2, 0.25) is 0 Å². The lowest BCUT2D eigenvalue weighted by atomic mass is 10.0. The fraction of sp³-hybridized carbons (Fsp3) is 0.647.